The standard InChI is InChI=1S/C26H23IN4O2/c1-2-16-33-22-14-12-19(13-15-22)25-20(18-31(30-25)21-8-4-3-5-9-21)17-28-29-26(32)23-10-6-7-11-24(23)27/h3-15,17-18H,2,16H2,1H3,(H,29,32). The minimum Gasteiger partial charge on any atom is -0.494 e. The molecule has 0 radical (unpaired) electrons. The van der Waals surface area contributed by atoms with Gasteiger partial charge in [-0.05, 0) is 77.5 Å². The number of hydrogen-bond acceptors (Lipinski definition) is 4. The molecule has 0 saturated heterocycles. The summed E-state index contributed by atoms with van der Waals surface area (Å²) < 4.78 is 8.37. The van der Waals surface area contributed by atoms with Gasteiger partial charge in [0.05, 0.1) is 24.1 Å². The van der Waals surface area contributed by atoms with Gasteiger partial charge in [-0.2, -0.15) is 10.2 Å². The fourth-order valence-corrected chi connectivity index (χ4v) is 3.85. The SMILES string of the molecule is CCCOc1ccc(-c2nn(-c3ccccc3)cc2C=NNC(=O)c2ccccc2I)cc1. The molecule has 0 fully saturated rings. The van der Waals surface area contributed by atoms with Gasteiger partial charge < -0.3 is 4.74 Å². The van der Waals surface area contributed by atoms with E-state index >= 15 is 0 Å². The topological polar surface area (TPSA) is 68.5 Å². The van der Waals surface area contributed by atoms with E-state index < -0.39 is 0 Å². The Hall–Kier alpha value is -3.46. The number of benzene rings is 3. The molecule has 7 heteroatoms. The van der Waals surface area contributed by atoms with Gasteiger partial charge in [-0.25, -0.2) is 10.1 Å². The number of nitrogens with zero attached hydrogens (tertiary/aromatic N) is 3. The van der Waals surface area contributed by atoms with E-state index in [1.807, 2.05) is 79.0 Å². The highest BCUT2D eigenvalue weighted by Gasteiger charge is 2.12. The fraction of sp³-hybridized carbons (Fsp3) is 0.115. The van der Waals surface area contributed by atoms with E-state index in [2.05, 4.69) is 40.0 Å². The zero-order chi connectivity index (χ0) is 23.0. The molecule has 1 N–H and O–H groups in total. The summed E-state index contributed by atoms with van der Waals surface area (Å²) in [7, 11) is 0. The Morgan fingerprint density at radius 2 is 1.79 bits per heavy atom. The van der Waals surface area contributed by atoms with Gasteiger partial charge in [-0.1, -0.05) is 37.3 Å². The summed E-state index contributed by atoms with van der Waals surface area (Å²) >= 11 is 2.14. The predicted octanol–water partition coefficient (Wildman–Crippen LogP) is 5.70. The molecular weight excluding hydrogens is 527 g/mol. The summed E-state index contributed by atoms with van der Waals surface area (Å²) in [6, 6.07) is 25.1. The van der Waals surface area contributed by atoms with Crippen LogP contribution in [0.3, 0.4) is 0 Å². The van der Waals surface area contributed by atoms with Crippen LogP contribution in [0, 0.1) is 3.57 Å². The smallest absolute Gasteiger partial charge is 0.272 e. The summed E-state index contributed by atoms with van der Waals surface area (Å²) in [5.74, 6) is 0.564. The molecule has 4 aromatic rings. The first-order valence-electron chi connectivity index (χ1n) is 10.6. The number of nitrogens with one attached hydrogen (secondary N) is 1. The Kier molecular flexibility index (Phi) is 7.51. The van der Waals surface area contributed by atoms with Crippen LogP contribution in [0.5, 0.6) is 5.75 Å². The van der Waals surface area contributed by atoms with Gasteiger partial charge in [0.15, 0.2) is 0 Å². The van der Waals surface area contributed by atoms with Crippen LogP contribution in [0.15, 0.2) is 90.2 Å². The Labute approximate surface area is 206 Å². The molecular formula is C26H23IN4O2. The molecule has 0 unspecified atom stereocenters. The Morgan fingerprint density at radius 3 is 2.52 bits per heavy atom. The van der Waals surface area contributed by atoms with E-state index in [0.29, 0.717) is 12.2 Å². The maximum absolute atomic E-state index is 12.5. The van der Waals surface area contributed by atoms with Crippen molar-refractivity contribution < 1.29 is 9.53 Å². The zero-order valence-corrected chi connectivity index (χ0v) is 20.3. The van der Waals surface area contributed by atoms with Gasteiger partial charge in [-0.3, -0.25) is 4.79 Å². The summed E-state index contributed by atoms with van der Waals surface area (Å²) in [5, 5.41) is 8.99. The first-order chi connectivity index (χ1) is 16.2. The summed E-state index contributed by atoms with van der Waals surface area (Å²) in [6.07, 6.45) is 4.47. The second-order valence-electron chi connectivity index (χ2n) is 7.26. The highest BCUT2D eigenvalue weighted by Crippen LogP contribution is 2.25. The van der Waals surface area contributed by atoms with Crippen molar-refractivity contribution in [3.8, 4) is 22.7 Å². The number of ether oxygens (including phenoxy) is 1. The predicted molar refractivity (Wildman–Crippen MR) is 139 cm³/mol. The van der Waals surface area contributed by atoms with Crippen LogP contribution in [0.25, 0.3) is 16.9 Å². The molecule has 166 valence electrons. The van der Waals surface area contributed by atoms with E-state index in [0.717, 1.165) is 38.2 Å². The van der Waals surface area contributed by atoms with Crippen molar-refractivity contribution in [3.63, 3.8) is 0 Å². The van der Waals surface area contributed by atoms with Crippen LogP contribution >= 0.6 is 22.6 Å². The van der Waals surface area contributed by atoms with Crippen molar-refractivity contribution in [1.29, 1.82) is 0 Å². The van der Waals surface area contributed by atoms with Crippen molar-refractivity contribution in [3.05, 3.63) is 99.8 Å². The van der Waals surface area contributed by atoms with Gasteiger partial charge in [0, 0.05) is 20.9 Å². The van der Waals surface area contributed by atoms with Gasteiger partial charge in [0.2, 0.25) is 0 Å². The first kappa shape index (κ1) is 22.7. The van der Waals surface area contributed by atoms with Crippen LogP contribution in [0.2, 0.25) is 0 Å². The van der Waals surface area contributed by atoms with E-state index in [9.17, 15) is 4.79 Å². The number of para-hydroxylation sites is 1. The Balaban J connectivity index is 1.62. The van der Waals surface area contributed by atoms with Crippen molar-refractivity contribution in [2.75, 3.05) is 6.61 Å². The minimum atomic E-state index is -0.259. The first-order valence-corrected chi connectivity index (χ1v) is 11.7. The molecule has 0 bridgehead atoms. The minimum absolute atomic E-state index is 0.259. The molecule has 0 aliphatic carbocycles. The molecule has 1 amide bonds. The molecule has 0 aliphatic heterocycles. The lowest BCUT2D eigenvalue weighted by Crippen LogP contribution is -2.18. The van der Waals surface area contributed by atoms with Gasteiger partial charge in [0.25, 0.3) is 5.91 Å². The third-order valence-corrected chi connectivity index (χ3v) is 5.79. The monoisotopic (exact) mass is 550 g/mol. The number of carbonyl (C=O) groups excluding carboxylic acids is 1. The lowest BCUT2D eigenvalue weighted by Gasteiger charge is -2.05. The molecule has 6 nitrogen and oxygen atoms in total. The number of hydrazone groups is 1. The second-order valence-corrected chi connectivity index (χ2v) is 8.43. The normalized spacial score (nSPS) is 11.0. The summed E-state index contributed by atoms with van der Waals surface area (Å²) in [6.45, 7) is 2.76. The van der Waals surface area contributed by atoms with Crippen molar-refractivity contribution in [2.24, 2.45) is 5.10 Å². The van der Waals surface area contributed by atoms with Crippen LogP contribution in [-0.4, -0.2) is 28.5 Å². The van der Waals surface area contributed by atoms with Crippen molar-refractivity contribution in [1.82, 2.24) is 15.2 Å². The molecule has 0 saturated carbocycles. The third-order valence-electron chi connectivity index (χ3n) is 4.85. The molecule has 0 aliphatic rings. The largest absolute Gasteiger partial charge is 0.494 e. The Morgan fingerprint density at radius 1 is 1.06 bits per heavy atom. The summed E-state index contributed by atoms with van der Waals surface area (Å²) in [4.78, 5) is 12.5. The van der Waals surface area contributed by atoms with Crippen LogP contribution in [0.1, 0.15) is 29.3 Å². The van der Waals surface area contributed by atoms with Crippen molar-refractivity contribution >= 4 is 34.7 Å². The fourth-order valence-electron chi connectivity index (χ4n) is 3.21. The van der Waals surface area contributed by atoms with Gasteiger partial charge in [-0.15, -0.1) is 0 Å². The molecule has 3 aromatic carbocycles. The highest BCUT2D eigenvalue weighted by atomic mass is 127. The number of halogens is 1. The van der Waals surface area contributed by atoms with Crippen LogP contribution < -0.4 is 10.2 Å². The van der Waals surface area contributed by atoms with E-state index in [1.54, 1.807) is 17.0 Å². The van der Waals surface area contributed by atoms with Gasteiger partial charge in [0.1, 0.15) is 11.4 Å². The lowest BCUT2D eigenvalue weighted by molar-refractivity contribution is 0.0954. The number of carbonyl (C=O) groups is 1. The third kappa shape index (κ3) is 5.67. The zero-order valence-electron chi connectivity index (χ0n) is 18.1. The summed E-state index contributed by atoms with van der Waals surface area (Å²) in [5.41, 5.74) is 6.60. The maximum Gasteiger partial charge on any atom is 0.272 e. The number of rotatable bonds is 8. The molecule has 1 aromatic heterocycles. The van der Waals surface area contributed by atoms with Gasteiger partial charge >= 0.3 is 0 Å². The lowest BCUT2D eigenvalue weighted by atomic mass is 10.1. The van der Waals surface area contributed by atoms with E-state index in [-0.39, 0.29) is 5.91 Å². The number of hydrogen-bond donors (Lipinski definition) is 1. The average Bonchev–Trinajstić information content (AvgIpc) is 3.28. The molecule has 4 rings (SSSR count). The highest BCUT2D eigenvalue weighted by molar-refractivity contribution is 14.1. The molecule has 1 heterocycles. The van der Waals surface area contributed by atoms with E-state index in [1.165, 1.54) is 0 Å². The maximum atomic E-state index is 12.5. The average molecular weight is 550 g/mol. The quantitative estimate of drug-likeness (QED) is 0.174. The number of aromatic nitrogens is 2. The van der Waals surface area contributed by atoms with Crippen LogP contribution in [0.4, 0.5) is 0 Å². The van der Waals surface area contributed by atoms with Crippen molar-refractivity contribution in [2.45, 2.75) is 13.3 Å². The van der Waals surface area contributed by atoms with E-state index in [4.69, 9.17) is 9.84 Å². The molecule has 33 heavy (non-hydrogen) atoms. The Bertz CT molecular complexity index is 1250. The second kappa shape index (κ2) is 10.9. The van der Waals surface area contributed by atoms with Crippen LogP contribution in [-0.2, 0) is 0 Å². The molecule has 0 atom stereocenters. The number of amides is 1. The molecule has 0 spiro atoms.